The van der Waals surface area contributed by atoms with Gasteiger partial charge in [-0.15, -0.1) is 12.4 Å². The highest BCUT2D eigenvalue weighted by Gasteiger charge is 2.19. The average Bonchev–Trinajstić information content (AvgIpc) is 2.26. The van der Waals surface area contributed by atoms with Crippen molar-refractivity contribution in [1.29, 1.82) is 0 Å². The molecular weight excluding hydrogens is 243 g/mol. The van der Waals surface area contributed by atoms with Crippen LogP contribution in [0.3, 0.4) is 0 Å². The van der Waals surface area contributed by atoms with Crippen LogP contribution >= 0.6 is 12.4 Å². The number of rotatable bonds is 3. The summed E-state index contributed by atoms with van der Waals surface area (Å²) in [5.41, 5.74) is 6.35. The Hall–Kier alpha value is -1.13. The van der Waals surface area contributed by atoms with Crippen molar-refractivity contribution in [1.82, 2.24) is 4.90 Å². The fourth-order valence-corrected chi connectivity index (χ4v) is 1.34. The van der Waals surface area contributed by atoms with E-state index in [1.807, 2.05) is 6.92 Å². The van der Waals surface area contributed by atoms with Gasteiger partial charge >= 0.3 is 0 Å². The molecule has 1 amide bonds. The number of carbonyl (C=O) groups excluding carboxylic acids is 1. The predicted octanol–water partition coefficient (Wildman–Crippen LogP) is 1.98. The molecule has 0 spiro atoms. The number of benzene rings is 1. The fraction of sp³-hybridized carbons (Fsp3) is 0.417. The Labute approximate surface area is 107 Å². The second-order valence-corrected chi connectivity index (χ2v) is 3.98. The van der Waals surface area contributed by atoms with Crippen LogP contribution in [-0.4, -0.2) is 30.4 Å². The van der Waals surface area contributed by atoms with Crippen molar-refractivity contribution < 1.29 is 9.18 Å². The van der Waals surface area contributed by atoms with Crippen LogP contribution in [0.5, 0.6) is 0 Å². The van der Waals surface area contributed by atoms with Crippen molar-refractivity contribution in [2.45, 2.75) is 19.9 Å². The molecule has 1 unspecified atom stereocenters. The Kier molecular flexibility index (Phi) is 6.13. The molecule has 0 radical (unpaired) electrons. The molecule has 0 aromatic heterocycles. The number of likely N-dealkylation sites (N-methyl/N-ethyl adjacent to an activating group) is 1. The molecule has 0 saturated heterocycles. The third-order valence-corrected chi connectivity index (χ3v) is 2.68. The zero-order valence-corrected chi connectivity index (χ0v) is 11.1. The van der Waals surface area contributed by atoms with Crippen molar-refractivity contribution in [3.05, 3.63) is 35.1 Å². The lowest BCUT2D eigenvalue weighted by molar-refractivity contribution is 0.0743. The van der Waals surface area contributed by atoms with Crippen LogP contribution in [-0.2, 0) is 0 Å². The Morgan fingerprint density at radius 3 is 2.59 bits per heavy atom. The Bertz CT molecular complexity index is 398. The summed E-state index contributed by atoms with van der Waals surface area (Å²) >= 11 is 0. The van der Waals surface area contributed by atoms with Gasteiger partial charge in [0.05, 0.1) is 5.56 Å². The van der Waals surface area contributed by atoms with Gasteiger partial charge in [0.1, 0.15) is 5.82 Å². The molecule has 0 bridgehead atoms. The van der Waals surface area contributed by atoms with Gasteiger partial charge in [-0.1, -0.05) is 6.07 Å². The third-order valence-electron chi connectivity index (χ3n) is 2.68. The summed E-state index contributed by atoms with van der Waals surface area (Å²) in [7, 11) is 1.62. The summed E-state index contributed by atoms with van der Waals surface area (Å²) in [6.45, 7) is 3.96. The second-order valence-electron chi connectivity index (χ2n) is 3.98. The number of carbonyl (C=O) groups is 1. The van der Waals surface area contributed by atoms with E-state index in [4.69, 9.17) is 5.73 Å². The highest BCUT2D eigenvalue weighted by atomic mass is 35.5. The van der Waals surface area contributed by atoms with Crippen LogP contribution in [0.2, 0.25) is 0 Å². The molecule has 0 saturated carbocycles. The maximum atomic E-state index is 13.5. The molecular formula is C12H18ClFN2O. The van der Waals surface area contributed by atoms with Crippen LogP contribution in [0, 0.1) is 12.7 Å². The van der Waals surface area contributed by atoms with E-state index in [1.165, 1.54) is 17.0 Å². The molecule has 3 nitrogen and oxygen atoms in total. The zero-order chi connectivity index (χ0) is 12.3. The third kappa shape index (κ3) is 3.68. The molecule has 0 aliphatic carbocycles. The molecule has 5 heteroatoms. The minimum Gasteiger partial charge on any atom is -0.338 e. The van der Waals surface area contributed by atoms with Gasteiger partial charge in [0.25, 0.3) is 5.91 Å². The van der Waals surface area contributed by atoms with Crippen molar-refractivity contribution in [2.75, 3.05) is 13.6 Å². The van der Waals surface area contributed by atoms with Gasteiger partial charge in [-0.25, -0.2) is 4.39 Å². The number of nitrogens with zero attached hydrogens (tertiary/aromatic N) is 1. The normalized spacial score (nSPS) is 11.6. The predicted molar refractivity (Wildman–Crippen MR) is 69.0 cm³/mol. The largest absolute Gasteiger partial charge is 0.338 e. The van der Waals surface area contributed by atoms with Crippen molar-refractivity contribution in [2.24, 2.45) is 5.73 Å². The van der Waals surface area contributed by atoms with Gasteiger partial charge in [0.2, 0.25) is 0 Å². The fourth-order valence-electron chi connectivity index (χ4n) is 1.34. The van der Waals surface area contributed by atoms with Gasteiger partial charge < -0.3 is 10.6 Å². The molecule has 96 valence electrons. The smallest absolute Gasteiger partial charge is 0.256 e. The van der Waals surface area contributed by atoms with Gasteiger partial charge in [-0.2, -0.15) is 0 Å². The first-order valence-electron chi connectivity index (χ1n) is 5.20. The van der Waals surface area contributed by atoms with E-state index in [-0.39, 0.29) is 29.9 Å². The minimum atomic E-state index is -0.485. The van der Waals surface area contributed by atoms with Gasteiger partial charge in [-0.05, 0) is 31.5 Å². The van der Waals surface area contributed by atoms with Gasteiger partial charge in [-0.3, -0.25) is 4.79 Å². The number of aryl methyl sites for hydroxylation is 1. The molecule has 0 heterocycles. The Morgan fingerprint density at radius 2 is 2.12 bits per heavy atom. The molecule has 1 aromatic carbocycles. The average molecular weight is 261 g/mol. The lowest BCUT2D eigenvalue weighted by Gasteiger charge is -2.23. The van der Waals surface area contributed by atoms with Gasteiger partial charge in [0, 0.05) is 19.6 Å². The lowest BCUT2D eigenvalue weighted by Crippen LogP contribution is -2.40. The van der Waals surface area contributed by atoms with Crippen molar-refractivity contribution in [3.63, 3.8) is 0 Å². The van der Waals surface area contributed by atoms with E-state index >= 15 is 0 Å². The first-order valence-corrected chi connectivity index (χ1v) is 5.20. The van der Waals surface area contributed by atoms with Crippen LogP contribution in [0.15, 0.2) is 18.2 Å². The lowest BCUT2D eigenvalue weighted by atomic mass is 10.1. The standard InChI is InChI=1S/C12H17FN2O.ClH/c1-8-4-5-10(11(13)6-8)12(16)15(3)9(2)7-14;/h4-6,9H,7,14H2,1-3H3;1H. The topological polar surface area (TPSA) is 46.3 Å². The van der Waals surface area contributed by atoms with E-state index in [0.29, 0.717) is 6.54 Å². The number of halogens is 2. The van der Waals surface area contributed by atoms with E-state index in [2.05, 4.69) is 0 Å². The molecule has 0 aliphatic heterocycles. The van der Waals surface area contributed by atoms with Gasteiger partial charge in [0.15, 0.2) is 0 Å². The first kappa shape index (κ1) is 15.9. The van der Waals surface area contributed by atoms with E-state index in [0.717, 1.165) is 5.56 Å². The molecule has 1 atom stereocenters. The quantitative estimate of drug-likeness (QED) is 0.903. The minimum absolute atomic E-state index is 0. The summed E-state index contributed by atoms with van der Waals surface area (Å²) in [4.78, 5) is 13.4. The van der Waals surface area contributed by atoms with E-state index < -0.39 is 5.82 Å². The van der Waals surface area contributed by atoms with Crippen molar-refractivity contribution >= 4 is 18.3 Å². The SMILES string of the molecule is Cc1ccc(C(=O)N(C)C(C)CN)c(F)c1.Cl. The molecule has 2 N–H and O–H groups in total. The van der Waals surface area contributed by atoms with Crippen molar-refractivity contribution in [3.8, 4) is 0 Å². The summed E-state index contributed by atoms with van der Waals surface area (Å²) < 4.78 is 13.5. The first-order chi connectivity index (χ1) is 7.47. The summed E-state index contributed by atoms with van der Waals surface area (Å²) in [5.74, 6) is -0.823. The van der Waals surface area contributed by atoms with Crippen LogP contribution in [0.1, 0.15) is 22.8 Å². The molecule has 1 aromatic rings. The number of nitrogens with two attached hydrogens (primary N) is 1. The monoisotopic (exact) mass is 260 g/mol. The summed E-state index contributed by atoms with van der Waals surface area (Å²) in [6.07, 6.45) is 0. The second kappa shape index (κ2) is 6.57. The Morgan fingerprint density at radius 1 is 1.53 bits per heavy atom. The van der Waals surface area contributed by atoms with E-state index in [1.54, 1.807) is 20.0 Å². The highest BCUT2D eigenvalue weighted by Crippen LogP contribution is 2.13. The Balaban J connectivity index is 0.00000256. The molecule has 17 heavy (non-hydrogen) atoms. The number of amides is 1. The van der Waals surface area contributed by atoms with E-state index in [9.17, 15) is 9.18 Å². The molecule has 0 fully saturated rings. The zero-order valence-electron chi connectivity index (χ0n) is 10.2. The van der Waals surface area contributed by atoms with Crippen LogP contribution in [0.4, 0.5) is 4.39 Å². The summed E-state index contributed by atoms with van der Waals surface area (Å²) in [5, 5.41) is 0. The summed E-state index contributed by atoms with van der Waals surface area (Å²) in [6, 6.07) is 4.48. The van der Waals surface area contributed by atoms with Crippen LogP contribution in [0.25, 0.3) is 0 Å². The van der Waals surface area contributed by atoms with Crippen LogP contribution < -0.4 is 5.73 Å². The molecule has 1 rings (SSSR count). The highest BCUT2D eigenvalue weighted by molar-refractivity contribution is 5.94. The maximum absolute atomic E-state index is 13.5. The molecule has 0 aliphatic rings. The maximum Gasteiger partial charge on any atom is 0.256 e. The number of hydrogen-bond donors (Lipinski definition) is 1. The number of hydrogen-bond acceptors (Lipinski definition) is 2.